The van der Waals surface area contributed by atoms with Gasteiger partial charge in [-0.05, 0) is 86.4 Å². The number of rotatable bonds is 7. The highest BCUT2D eigenvalue weighted by Crippen LogP contribution is 2.56. The monoisotopic (exact) mass is 550 g/mol. The Hall–Kier alpha value is -2.10. The molecule has 3 heteroatoms. The van der Waals surface area contributed by atoms with Crippen LogP contribution in [0.3, 0.4) is 0 Å². The highest BCUT2D eigenvalue weighted by Gasteiger charge is 2.42. The fourth-order valence-corrected chi connectivity index (χ4v) is 5.57. The van der Waals surface area contributed by atoms with Gasteiger partial charge < -0.3 is 9.47 Å². The van der Waals surface area contributed by atoms with E-state index in [4.69, 9.17) is 9.47 Å². The molecule has 0 N–H and O–H groups in total. The number of ether oxygens (including phenoxy) is 2. The number of aryl methyl sites for hydroxylation is 1. The van der Waals surface area contributed by atoms with E-state index in [2.05, 4.69) is 132 Å². The minimum Gasteiger partial charge on any atom is -0.497 e. The molecule has 4 rings (SSSR count). The lowest BCUT2D eigenvalue weighted by molar-refractivity contribution is -0.154. The number of methoxy groups -OCH3 is 1. The predicted octanol–water partition coefficient (Wildman–Crippen LogP) is 9.69. The van der Waals surface area contributed by atoms with Crippen molar-refractivity contribution in [2.45, 2.75) is 83.8 Å². The van der Waals surface area contributed by atoms with Crippen molar-refractivity contribution < 1.29 is 9.47 Å². The van der Waals surface area contributed by atoms with Crippen LogP contribution in [0.2, 0.25) is 0 Å². The van der Waals surface area contributed by atoms with Crippen LogP contribution in [0.15, 0.2) is 66.7 Å². The maximum absolute atomic E-state index is 6.19. The first-order valence-corrected chi connectivity index (χ1v) is 14.0. The van der Waals surface area contributed by atoms with Gasteiger partial charge in [-0.3, -0.25) is 0 Å². The van der Waals surface area contributed by atoms with E-state index in [1.54, 1.807) is 7.11 Å². The third-order valence-corrected chi connectivity index (χ3v) is 9.31. The van der Waals surface area contributed by atoms with E-state index in [1.165, 1.54) is 33.4 Å². The Bertz CT molecular complexity index is 1170. The van der Waals surface area contributed by atoms with Gasteiger partial charge in [-0.1, -0.05) is 104 Å². The Labute approximate surface area is 227 Å². The second-order valence-corrected chi connectivity index (χ2v) is 12.2. The Morgan fingerprint density at radius 3 is 2.06 bits per heavy atom. The van der Waals surface area contributed by atoms with Crippen molar-refractivity contribution in [1.29, 1.82) is 0 Å². The van der Waals surface area contributed by atoms with Gasteiger partial charge in [0.15, 0.2) is 0 Å². The van der Waals surface area contributed by atoms with Crippen molar-refractivity contribution in [1.82, 2.24) is 0 Å². The predicted molar refractivity (Wildman–Crippen MR) is 157 cm³/mol. The average Bonchev–Trinajstić information content (AvgIpc) is 3.13. The molecule has 36 heavy (non-hydrogen) atoms. The van der Waals surface area contributed by atoms with Crippen LogP contribution >= 0.6 is 15.9 Å². The summed E-state index contributed by atoms with van der Waals surface area (Å²) in [4.78, 5) is 0. The summed E-state index contributed by atoms with van der Waals surface area (Å²) >= 11 is 4.09. The topological polar surface area (TPSA) is 18.5 Å². The van der Waals surface area contributed by atoms with Crippen LogP contribution in [-0.4, -0.2) is 18.3 Å². The van der Waals surface area contributed by atoms with Crippen LogP contribution in [0.5, 0.6) is 5.75 Å². The number of alkyl halides is 1. The molecule has 1 unspecified atom stereocenters. The molecule has 0 saturated heterocycles. The number of benzene rings is 3. The molecule has 2 nitrogen and oxygen atoms in total. The molecule has 0 amide bonds. The molecular weight excluding hydrogens is 508 g/mol. The SMILES string of the molecule is CCC(C)(CC)OC(C)(C)C(C)C.COc1ccc2c(c1)C(Br)(c1cccc(C)c1)c1ccccc1-2. The Balaban J connectivity index is 0.000000240. The summed E-state index contributed by atoms with van der Waals surface area (Å²) in [6.45, 7) is 17.5. The number of hydrogen-bond acceptors (Lipinski definition) is 2. The van der Waals surface area contributed by atoms with E-state index in [0.717, 1.165) is 18.6 Å². The van der Waals surface area contributed by atoms with Crippen molar-refractivity contribution in [2.75, 3.05) is 7.11 Å². The zero-order chi connectivity index (χ0) is 26.7. The quantitative estimate of drug-likeness (QED) is 0.272. The molecule has 0 aromatic heterocycles. The number of hydrogen-bond donors (Lipinski definition) is 0. The molecule has 0 bridgehead atoms. The first kappa shape index (κ1) is 28.5. The standard InChI is InChI=1S/C21H17BrO.C12H26O/c1-14-6-5-7-15(12-14)21(22)19-9-4-3-8-17(19)18-11-10-16(23-2)13-20(18)21;1-8-12(7,9-2)13-11(5,6)10(3)4/h3-13H,1-2H3;10H,8-9H2,1-7H3. The number of fused-ring (bicyclic) bond motifs is 3. The van der Waals surface area contributed by atoms with Gasteiger partial charge in [-0.15, -0.1) is 0 Å². The van der Waals surface area contributed by atoms with E-state index in [-0.39, 0.29) is 15.5 Å². The lowest BCUT2D eigenvalue weighted by atomic mass is 9.88. The lowest BCUT2D eigenvalue weighted by Gasteiger charge is -2.40. The van der Waals surface area contributed by atoms with E-state index in [9.17, 15) is 0 Å². The smallest absolute Gasteiger partial charge is 0.119 e. The van der Waals surface area contributed by atoms with Gasteiger partial charge >= 0.3 is 0 Å². The molecule has 0 spiro atoms. The van der Waals surface area contributed by atoms with Crippen molar-refractivity contribution in [3.8, 4) is 16.9 Å². The summed E-state index contributed by atoms with van der Waals surface area (Å²) in [5, 5.41) is 0. The van der Waals surface area contributed by atoms with Gasteiger partial charge in [0, 0.05) is 0 Å². The summed E-state index contributed by atoms with van der Waals surface area (Å²) in [6, 6.07) is 23.6. The summed E-state index contributed by atoms with van der Waals surface area (Å²) in [6.07, 6.45) is 2.17. The summed E-state index contributed by atoms with van der Waals surface area (Å²) in [5.74, 6) is 1.44. The second kappa shape index (κ2) is 11.1. The van der Waals surface area contributed by atoms with Gasteiger partial charge in [-0.25, -0.2) is 0 Å². The zero-order valence-electron chi connectivity index (χ0n) is 23.5. The molecule has 0 aliphatic heterocycles. The molecule has 194 valence electrons. The zero-order valence-corrected chi connectivity index (χ0v) is 25.1. The maximum atomic E-state index is 6.19. The van der Waals surface area contributed by atoms with Crippen LogP contribution in [0, 0.1) is 12.8 Å². The van der Waals surface area contributed by atoms with Gasteiger partial charge in [0.1, 0.15) is 10.1 Å². The fourth-order valence-electron chi connectivity index (χ4n) is 4.65. The fraction of sp³-hybridized carbons (Fsp3) is 0.455. The molecular formula is C33H43BrO2. The number of halogens is 1. The van der Waals surface area contributed by atoms with Crippen molar-refractivity contribution >= 4 is 15.9 Å². The molecule has 0 heterocycles. The molecule has 3 aromatic rings. The van der Waals surface area contributed by atoms with Crippen molar-refractivity contribution in [3.05, 3.63) is 89.0 Å². The van der Waals surface area contributed by atoms with Gasteiger partial charge in [-0.2, -0.15) is 0 Å². The van der Waals surface area contributed by atoms with Crippen LogP contribution in [0.25, 0.3) is 11.1 Å². The van der Waals surface area contributed by atoms with Crippen LogP contribution in [-0.2, 0) is 9.06 Å². The minimum absolute atomic E-state index is 0.0131. The minimum atomic E-state index is -0.334. The molecule has 0 fully saturated rings. The molecule has 0 radical (unpaired) electrons. The third kappa shape index (κ3) is 5.58. The lowest BCUT2D eigenvalue weighted by Crippen LogP contribution is -2.41. The molecule has 3 aromatic carbocycles. The summed E-state index contributed by atoms with van der Waals surface area (Å²) in [7, 11) is 1.71. The average molecular weight is 552 g/mol. The largest absolute Gasteiger partial charge is 0.497 e. The Kier molecular flexibility index (Phi) is 8.78. The Morgan fingerprint density at radius 1 is 0.833 bits per heavy atom. The maximum Gasteiger partial charge on any atom is 0.119 e. The van der Waals surface area contributed by atoms with Gasteiger partial charge in [0.05, 0.1) is 18.3 Å². The third-order valence-electron chi connectivity index (χ3n) is 8.00. The van der Waals surface area contributed by atoms with Crippen LogP contribution in [0.4, 0.5) is 0 Å². The first-order chi connectivity index (χ1) is 16.9. The van der Waals surface area contributed by atoms with Crippen LogP contribution < -0.4 is 4.74 Å². The van der Waals surface area contributed by atoms with Crippen molar-refractivity contribution in [2.24, 2.45) is 5.92 Å². The van der Waals surface area contributed by atoms with E-state index in [0.29, 0.717) is 5.92 Å². The molecule has 1 aliphatic carbocycles. The van der Waals surface area contributed by atoms with Gasteiger partial charge in [0.2, 0.25) is 0 Å². The normalized spacial score (nSPS) is 16.8. The summed E-state index contributed by atoms with van der Waals surface area (Å²) < 4.78 is 11.3. The highest BCUT2D eigenvalue weighted by molar-refractivity contribution is 9.10. The summed E-state index contributed by atoms with van der Waals surface area (Å²) in [5.41, 5.74) is 7.61. The second-order valence-electron chi connectivity index (χ2n) is 11.0. The van der Waals surface area contributed by atoms with Crippen molar-refractivity contribution in [3.63, 3.8) is 0 Å². The molecule has 1 atom stereocenters. The van der Waals surface area contributed by atoms with Gasteiger partial charge in [0.25, 0.3) is 0 Å². The van der Waals surface area contributed by atoms with E-state index in [1.807, 2.05) is 6.07 Å². The first-order valence-electron chi connectivity index (χ1n) is 13.2. The van der Waals surface area contributed by atoms with E-state index >= 15 is 0 Å². The van der Waals surface area contributed by atoms with E-state index < -0.39 is 0 Å². The highest BCUT2D eigenvalue weighted by atomic mass is 79.9. The Morgan fingerprint density at radius 2 is 1.47 bits per heavy atom. The molecule has 0 saturated carbocycles. The molecule has 1 aliphatic rings. The van der Waals surface area contributed by atoms with Crippen LogP contribution in [0.1, 0.15) is 83.6 Å².